The van der Waals surface area contributed by atoms with Crippen molar-refractivity contribution in [2.45, 2.75) is 32.8 Å². The summed E-state index contributed by atoms with van der Waals surface area (Å²) >= 11 is 1.63. The molecule has 114 valence electrons. The molecule has 3 nitrogen and oxygen atoms in total. The lowest BCUT2D eigenvalue weighted by molar-refractivity contribution is 0.149. The third-order valence-corrected chi connectivity index (χ3v) is 5.12. The van der Waals surface area contributed by atoms with Crippen molar-refractivity contribution >= 4 is 11.3 Å². The minimum Gasteiger partial charge on any atom is -0.496 e. The molecule has 2 atom stereocenters. The number of rotatable bonds is 5. The molecule has 0 amide bonds. The van der Waals surface area contributed by atoms with E-state index in [1.807, 2.05) is 25.1 Å². The van der Waals surface area contributed by atoms with Gasteiger partial charge in [-0.25, -0.2) is 0 Å². The highest BCUT2D eigenvalue weighted by atomic mass is 32.1. The van der Waals surface area contributed by atoms with Gasteiger partial charge in [-0.1, -0.05) is 17.7 Å². The van der Waals surface area contributed by atoms with E-state index in [0.717, 1.165) is 21.8 Å². The largest absolute Gasteiger partial charge is 0.496 e. The molecule has 0 aliphatic carbocycles. The maximum atomic E-state index is 10.8. The standard InChI is InChI=1S/C17H23NO2S/c1-10-5-6-15(20-4)13(7-10)14(9-18)17(19)16-8-11(2)12(3)21-16/h5-8,14,17,19H,9,18H2,1-4H3. The molecule has 1 heterocycles. The fourth-order valence-electron chi connectivity index (χ4n) is 2.52. The van der Waals surface area contributed by atoms with Gasteiger partial charge in [-0.15, -0.1) is 11.3 Å². The number of methoxy groups -OCH3 is 1. The van der Waals surface area contributed by atoms with Gasteiger partial charge in [0.1, 0.15) is 5.75 Å². The molecule has 0 aliphatic heterocycles. The summed E-state index contributed by atoms with van der Waals surface area (Å²) in [4.78, 5) is 2.19. The van der Waals surface area contributed by atoms with Gasteiger partial charge in [0, 0.05) is 27.8 Å². The van der Waals surface area contributed by atoms with E-state index in [2.05, 4.69) is 19.9 Å². The molecule has 1 aromatic carbocycles. The van der Waals surface area contributed by atoms with Gasteiger partial charge in [0.2, 0.25) is 0 Å². The van der Waals surface area contributed by atoms with E-state index in [9.17, 15) is 5.11 Å². The van der Waals surface area contributed by atoms with E-state index in [-0.39, 0.29) is 5.92 Å². The Balaban J connectivity index is 2.41. The molecule has 0 saturated heterocycles. The van der Waals surface area contributed by atoms with Gasteiger partial charge in [0.15, 0.2) is 0 Å². The molecule has 2 rings (SSSR count). The number of nitrogens with two attached hydrogens (primary N) is 1. The Labute approximate surface area is 130 Å². The summed E-state index contributed by atoms with van der Waals surface area (Å²) < 4.78 is 5.43. The molecule has 4 heteroatoms. The molecule has 0 fully saturated rings. The van der Waals surface area contributed by atoms with Gasteiger partial charge in [0.25, 0.3) is 0 Å². The first-order chi connectivity index (χ1) is 9.97. The summed E-state index contributed by atoms with van der Waals surface area (Å²) in [5.41, 5.74) is 9.26. The molecular weight excluding hydrogens is 282 g/mol. The topological polar surface area (TPSA) is 55.5 Å². The molecule has 2 unspecified atom stereocenters. The number of aliphatic hydroxyl groups is 1. The van der Waals surface area contributed by atoms with Crippen LogP contribution >= 0.6 is 11.3 Å². The summed E-state index contributed by atoms with van der Waals surface area (Å²) in [6, 6.07) is 8.04. The number of aryl methyl sites for hydroxylation is 3. The zero-order chi connectivity index (χ0) is 15.6. The van der Waals surface area contributed by atoms with E-state index in [1.54, 1.807) is 18.4 Å². The van der Waals surface area contributed by atoms with Crippen molar-refractivity contribution in [3.05, 3.63) is 50.7 Å². The van der Waals surface area contributed by atoms with Crippen molar-refractivity contribution in [3.8, 4) is 5.75 Å². The minimum atomic E-state index is -0.608. The highest BCUT2D eigenvalue weighted by Gasteiger charge is 2.26. The summed E-state index contributed by atoms with van der Waals surface area (Å²) in [5.74, 6) is 0.609. The van der Waals surface area contributed by atoms with Gasteiger partial charge in [0.05, 0.1) is 13.2 Å². The lowest BCUT2D eigenvalue weighted by atomic mass is 9.90. The van der Waals surface area contributed by atoms with Crippen LogP contribution in [0.2, 0.25) is 0 Å². The van der Waals surface area contributed by atoms with E-state index >= 15 is 0 Å². The van der Waals surface area contributed by atoms with Crippen LogP contribution in [0.1, 0.15) is 38.5 Å². The van der Waals surface area contributed by atoms with Crippen LogP contribution in [0.25, 0.3) is 0 Å². The molecular formula is C17H23NO2S. The normalized spacial score (nSPS) is 14.0. The second-order valence-corrected chi connectivity index (χ2v) is 6.71. The monoisotopic (exact) mass is 305 g/mol. The molecule has 0 radical (unpaired) electrons. The Morgan fingerprint density at radius 3 is 2.48 bits per heavy atom. The summed E-state index contributed by atoms with van der Waals surface area (Å²) in [7, 11) is 1.65. The van der Waals surface area contributed by atoms with Gasteiger partial charge < -0.3 is 15.6 Å². The van der Waals surface area contributed by atoms with Crippen molar-refractivity contribution in [1.82, 2.24) is 0 Å². The van der Waals surface area contributed by atoms with Crippen LogP contribution < -0.4 is 10.5 Å². The van der Waals surface area contributed by atoms with Crippen LogP contribution in [0, 0.1) is 20.8 Å². The van der Waals surface area contributed by atoms with E-state index < -0.39 is 6.10 Å². The zero-order valence-electron chi connectivity index (χ0n) is 13.0. The number of hydrogen-bond donors (Lipinski definition) is 2. The lowest BCUT2D eigenvalue weighted by Crippen LogP contribution is -2.20. The summed E-state index contributed by atoms with van der Waals surface area (Å²) in [6.45, 7) is 6.53. The Morgan fingerprint density at radius 1 is 1.24 bits per heavy atom. The van der Waals surface area contributed by atoms with Crippen LogP contribution in [-0.2, 0) is 0 Å². The maximum Gasteiger partial charge on any atom is 0.122 e. The third-order valence-electron chi connectivity index (χ3n) is 3.90. The molecule has 0 aliphatic rings. The van der Waals surface area contributed by atoms with Crippen molar-refractivity contribution in [2.24, 2.45) is 5.73 Å². The number of benzene rings is 1. The number of aliphatic hydroxyl groups excluding tert-OH is 1. The predicted octanol–water partition coefficient (Wildman–Crippen LogP) is 3.46. The number of thiophene rings is 1. The Morgan fingerprint density at radius 2 is 1.95 bits per heavy atom. The lowest BCUT2D eigenvalue weighted by Gasteiger charge is -2.23. The predicted molar refractivity (Wildman–Crippen MR) is 88.3 cm³/mol. The average molecular weight is 305 g/mol. The first-order valence-corrected chi connectivity index (χ1v) is 7.89. The molecule has 0 bridgehead atoms. The van der Waals surface area contributed by atoms with Crippen LogP contribution in [0.3, 0.4) is 0 Å². The van der Waals surface area contributed by atoms with Crippen molar-refractivity contribution in [3.63, 3.8) is 0 Å². The molecule has 21 heavy (non-hydrogen) atoms. The summed E-state index contributed by atoms with van der Waals surface area (Å²) in [5, 5.41) is 10.8. The fourth-order valence-corrected chi connectivity index (χ4v) is 3.61. The number of ether oxygens (including phenoxy) is 1. The Hall–Kier alpha value is -1.36. The van der Waals surface area contributed by atoms with Crippen molar-refractivity contribution in [2.75, 3.05) is 13.7 Å². The van der Waals surface area contributed by atoms with Crippen LogP contribution in [-0.4, -0.2) is 18.8 Å². The highest BCUT2D eigenvalue weighted by Crippen LogP contribution is 2.39. The molecule has 2 aromatic rings. The van der Waals surface area contributed by atoms with Gasteiger partial charge in [-0.2, -0.15) is 0 Å². The van der Waals surface area contributed by atoms with Gasteiger partial charge >= 0.3 is 0 Å². The van der Waals surface area contributed by atoms with Gasteiger partial charge in [-0.05, 0) is 38.5 Å². The quantitative estimate of drug-likeness (QED) is 0.889. The molecule has 3 N–H and O–H groups in total. The second-order valence-electron chi connectivity index (χ2n) is 5.42. The van der Waals surface area contributed by atoms with Crippen LogP contribution in [0.4, 0.5) is 0 Å². The Bertz CT molecular complexity index is 602. The van der Waals surface area contributed by atoms with Crippen molar-refractivity contribution < 1.29 is 9.84 Å². The van der Waals surface area contributed by atoms with E-state index in [1.165, 1.54) is 10.4 Å². The minimum absolute atomic E-state index is 0.169. The first-order valence-electron chi connectivity index (χ1n) is 7.07. The Kier molecular flexibility index (Phi) is 5.04. The summed E-state index contributed by atoms with van der Waals surface area (Å²) in [6.07, 6.45) is -0.608. The van der Waals surface area contributed by atoms with Crippen LogP contribution in [0.15, 0.2) is 24.3 Å². The highest BCUT2D eigenvalue weighted by molar-refractivity contribution is 7.12. The van der Waals surface area contributed by atoms with Gasteiger partial charge in [-0.3, -0.25) is 0 Å². The second kappa shape index (κ2) is 6.60. The number of hydrogen-bond acceptors (Lipinski definition) is 4. The first kappa shape index (κ1) is 16.0. The van der Waals surface area contributed by atoms with Crippen LogP contribution in [0.5, 0.6) is 5.75 Å². The third kappa shape index (κ3) is 3.28. The molecule has 1 aromatic heterocycles. The smallest absolute Gasteiger partial charge is 0.122 e. The van der Waals surface area contributed by atoms with E-state index in [0.29, 0.717) is 6.54 Å². The van der Waals surface area contributed by atoms with Crippen molar-refractivity contribution in [1.29, 1.82) is 0 Å². The maximum absolute atomic E-state index is 10.8. The fraction of sp³-hybridized carbons (Fsp3) is 0.412. The average Bonchev–Trinajstić information content (AvgIpc) is 2.80. The zero-order valence-corrected chi connectivity index (χ0v) is 13.8. The SMILES string of the molecule is COc1ccc(C)cc1C(CN)C(O)c1cc(C)c(C)s1. The van der Waals surface area contributed by atoms with E-state index in [4.69, 9.17) is 10.5 Å². The molecule has 0 spiro atoms. The molecule has 0 saturated carbocycles.